The van der Waals surface area contributed by atoms with Gasteiger partial charge in [0.05, 0.1) is 11.5 Å². The van der Waals surface area contributed by atoms with Crippen molar-refractivity contribution in [3.05, 3.63) is 24.3 Å². The fraction of sp³-hybridized carbons (Fsp3) is 0.462. The van der Waals surface area contributed by atoms with Crippen LogP contribution in [0.4, 0.5) is 5.69 Å². The summed E-state index contributed by atoms with van der Waals surface area (Å²) in [7, 11) is -3.02. The highest BCUT2D eigenvalue weighted by molar-refractivity contribution is 7.91. The lowest BCUT2D eigenvalue weighted by molar-refractivity contribution is -0.123. The van der Waals surface area contributed by atoms with Crippen molar-refractivity contribution in [3.63, 3.8) is 0 Å². The predicted molar refractivity (Wildman–Crippen MR) is 76.2 cm³/mol. The van der Waals surface area contributed by atoms with E-state index in [1.54, 1.807) is 24.3 Å². The van der Waals surface area contributed by atoms with Crippen molar-refractivity contribution in [1.29, 1.82) is 0 Å². The van der Waals surface area contributed by atoms with Gasteiger partial charge < -0.3 is 15.8 Å². The first-order chi connectivity index (χ1) is 9.44. The second-order valence-electron chi connectivity index (χ2n) is 4.88. The van der Waals surface area contributed by atoms with E-state index in [0.717, 1.165) is 0 Å². The Labute approximate surface area is 118 Å². The lowest BCUT2D eigenvalue weighted by atomic mass is 10.2. The van der Waals surface area contributed by atoms with Gasteiger partial charge in [0.15, 0.2) is 16.4 Å². The Morgan fingerprint density at radius 3 is 2.70 bits per heavy atom. The zero-order chi connectivity index (χ0) is 14.6. The van der Waals surface area contributed by atoms with E-state index in [1.165, 1.54) is 0 Å². The summed E-state index contributed by atoms with van der Waals surface area (Å²) in [5.74, 6) is 0.455. The molecule has 1 aliphatic heterocycles. The molecule has 1 saturated heterocycles. The molecule has 6 nitrogen and oxygen atoms in total. The summed E-state index contributed by atoms with van der Waals surface area (Å²) in [6.45, 7) is -0.138. The van der Waals surface area contributed by atoms with Crippen LogP contribution < -0.4 is 15.8 Å². The van der Waals surface area contributed by atoms with Crippen LogP contribution in [0.15, 0.2) is 24.3 Å². The molecule has 2 rings (SSSR count). The van der Waals surface area contributed by atoms with E-state index in [9.17, 15) is 13.2 Å². The Hall–Kier alpha value is -1.76. The number of hydrogen-bond acceptors (Lipinski definition) is 5. The van der Waals surface area contributed by atoms with Crippen molar-refractivity contribution in [2.24, 2.45) is 0 Å². The summed E-state index contributed by atoms with van der Waals surface area (Å²) >= 11 is 0. The molecule has 7 heteroatoms. The van der Waals surface area contributed by atoms with Gasteiger partial charge in [-0.1, -0.05) is 0 Å². The molecule has 1 amide bonds. The van der Waals surface area contributed by atoms with Gasteiger partial charge in [-0.05, 0) is 37.1 Å². The SMILES string of the molecule is Nc1ccc(OCC(=O)NC2CCCS(=O)(=O)C2)cc1. The number of benzene rings is 1. The molecule has 1 fully saturated rings. The highest BCUT2D eigenvalue weighted by atomic mass is 32.2. The Kier molecular flexibility index (Phi) is 4.49. The molecule has 3 N–H and O–H groups in total. The largest absolute Gasteiger partial charge is 0.484 e. The maximum atomic E-state index is 11.7. The second kappa shape index (κ2) is 6.13. The maximum Gasteiger partial charge on any atom is 0.258 e. The smallest absolute Gasteiger partial charge is 0.258 e. The van der Waals surface area contributed by atoms with Crippen molar-refractivity contribution in [2.45, 2.75) is 18.9 Å². The van der Waals surface area contributed by atoms with Gasteiger partial charge >= 0.3 is 0 Å². The molecule has 1 aromatic carbocycles. The Bertz CT molecular complexity index is 569. The molecule has 1 aromatic rings. The summed E-state index contributed by atoms with van der Waals surface area (Å²) in [5, 5.41) is 2.69. The molecule has 0 bridgehead atoms. The van der Waals surface area contributed by atoms with Crippen LogP contribution in [-0.2, 0) is 14.6 Å². The number of nitrogens with two attached hydrogens (primary N) is 1. The zero-order valence-corrected chi connectivity index (χ0v) is 11.9. The molecule has 1 unspecified atom stereocenters. The molecule has 0 saturated carbocycles. The van der Waals surface area contributed by atoms with E-state index in [2.05, 4.69) is 5.32 Å². The van der Waals surface area contributed by atoms with Crippen LogP contribution in [0, 0.1) is 0 Å². The summed E-state index contributed by atoms with van der Waals surface area (Å²) < 4.78 is 28.2. The Morgan fingerprint density at radius 2 is 2.05 bits per heavy atom. The normalized spacial score (nSPS) is 21.1. The minimum atomic E-state index is -3.02. The van der Waals surface area contributed by atoms with E-state index in [1.807, 2.05) is 0 Å². The first kappa shape index (κ1) is 14.6. The second-order valence-corrected chi connectivity index (χ2v) is 7.11. The van der Waals surface area contributed by atoms with E-state index in [4.69, 9.17) is 10.5 Å². The maximum absolute atomic E-state index is 11.7. The first-order valence-electron chi connectivity index (χ1n) is 6.43. The van der Waals surface area contributed by atoms with E-state index in [-0.39, 0.29) is 30.1 Å². The summed E-state index contributed by atoms with van der Waals surface area (Å²) in [6.07, 6.45) is 1.28. The van der Waals surface area contributed by atoms with Gasteiger partial charge in [0.2, 0.25) is 0 Å². The molecular formula is C13H18N2O4S. The van der Waals surface area contributed by atoms with Crippen molar-refractivity contribution in [2.75, 3.05) is 23.8 Å². The average molecular weight is 298 g/mol. The van der Waals surface area contributed by atoms with Crippen LogP contribution in [-0.4, -0.2) is 38.5 Å². The van der Waals surface area contributed by atoms with Crippen LogP contribution in [0.5, 0.6) is 5.75 Å². The summed E-state index contributed by atoms with van der Waals surface area (Å²) in [6, 6.07) is 6.40. The molecule has 0 aliphatic carbocycles. The van der Waals surface area contributed by atoms with Gasteiger partial charge in [-0.2, -0.15) is 0 Å². The fourth-order valence-corrected chi connectivity index (χ4v) is 3.76. The fourth-order valence-electron chi connectivity index (χ4n) is 2.12. The van der Waals surface area contributed by atoms with Crippen molar-refractivity contribution in [1.82, 2.24) is 5.32 Å². The molecule has 20 heavy (non-hydrogen) atoms. The number of rotatable bonds is 4. The third kappa shape index (κ3) is 4.41. The number of sulfone groups is 1. The Morgan fingerprint density at radius 1 is 1.35 bits per heavy atom. The Balaban J connectivity index is 1.79. The van der Waals surface area contributed by atoms with Gasteiger partial charge in [0.25, 0.3) is 5.91 Å². The third-order valence-electron chi connectivity index (χ3n) is 3.08. The highest BCUT2D eigenvalue weighted by Gasteiger charge is 2.25. The number of anilines is 1. The minimum Gasteiger partial charge on any atom is -0.484 e. The van der Waals surface area contributed by atoms with Crippen LogP contribution >= 0.6 is 0 Å². The first-order valence-corrected chi connectivity index (χ1v) is 8.25. The van der Waals surface area contributed by atoms with Gasteiger partial charge in [-0.3, -0.25) is 4.79 Å². The summed E-state index contributed by atoms with van der Waals surface area (Å²) in [5.41, 5.74) is 6.16. The molecule has 1 aliphatic rings. The molecular weight excluding hydrogens is 280 g/mol. The predicted octanol–water partition coefficient (Wildman–Crippen LogP) is 0.341. The van der Waals surface area contributed by atoms with E-state index in [0.29, 0.717) is 24.3 Å². The van der Waals surface area contributed by atoms with E-state index >= 15 is 0 Å². The quantitative estimate of drug-likeness (QED) is 0.781. The summed E-state index contributed by atoms with van der Waals surface area (Å²) in [4.78, 5) is 11.7. The highest BCUT2D eigenvalue weighted by Crippen LogP contribution is 2.14. The lowest BCUT2D eigenvalue weighted by Gasteiger charge is -2.22. The number of hydrogen-bond donors (Lipinski definition) is 2. The number of ether oxygens (including phenoxy) is 1. The molecule has 0 radical (unpaired) electrons. The standard InChI is InChI=1S/C13H18N2O4S/c14-10-3-5-12(6-4-10)19-8-13(16)15-11-2-1-7-20(17,18)9-11/h3-6,11H,1-2,7-9,14H2,(H,15,16). The number of carbonyl (C=O) groups excluding carboxylic acids is 1. The van der Waals surface area contributed by atoms with Crippen LogP contribution in [0.1, 0.15) is 12.8 Å². The van der Waals surface area contributed by atoms with Gasteiger partial charge in [0, 0.05) is 11.7 Å². The minimum absolute atomic E-state index is 0.0145. The van der Waals surface area contributed by atoms with Crippen molar-refractivity contribution >= 4 is 21.4 Å². The number of amides is 1. The zero-order valence-electron chi connectivity index (χ0n) is 11.0. The van der Waals surface area contributed by atoms with E-state index < -0.39 is 9.84 Å². The van der Waals surface area contributed by atoms with Gasteiger partial charge in [-0.25, -0.2) is 8.42 Å². The van der Waals surface area contributed by atoms with Crippen LogP contribution in [0.3, 0.4) is 0 Å². The number of nitrogens with one attached hydrogen (secondary N) is 1. The number of nitrogen functional groups attached to an aromatic ring is 1. The molecule has 110 valence electrons. The number of carbonyl (C=O) groups is 1. The topological polar surface area (TPSA) is 98.5 Å². The average Bonchev–Trinajstić information content (AvgIpc) is 2.37. The van der Waals surface area contributed by atoms with Crippen molar-refractivity contribution in [3.8, 4) is 5.75 Å². The van der Waals surface area contributed by atoms with Crippen LogP contribution in [0.2, 0.25) is 0 Å². The van der Waals surface area contributed by atoms with Gasteiger partial charge in [-0.15, -0.1) is 0 Å². The lowest BCUT2D eigenvalue weighted by Crippen LogP contribution is -2.44. The molecule has 0 aromatic heterocycles. The van der Waals surface area contributed by atoms with Crippen LogP contribution in [0.25, 0.3) is 0 Å². The molecule has 1 heterocycles. The third-order valence-corrected chi connectivity index (χ3v) is 4.90. The van der Waals surface area contributed by atoms with Crippen molar-refractivity contribution < 1.29 is 17.9 Å². The van der Waals surface area contributed by atoms with Gasteiger partial charge in [0.1, 0.15) is 5.75 Å². The molecule has 1 atom stereocenters. The monoisotopic (exact) mass is 298 g/mol. The molecule has 0 spiro atoms.